The summed E-state index contributed by atoms with van der Waals surface area (Å²) in [5.74, 6) is -0.413. The number of rotatable bonds is 3. The van der Waals surface area contributed by atoms with E-state index in [2.05, 4.69) is 4.98 Å². The molecule has 2 heterocycles. The molecule has 0 aliphatic carbocycles. The van der Waals surface area contributed by atoms with Gasteiger partial charge in [0.05, 0.1) is 16.1 Å². The van der Waals surface area contributed by atoms with E-state index in [0.29, 0.717) is 11.7 Å². The molecule has 0 radical (unpaired) electrons. The first-order valence-electron chi connectivity index (χ1n) is 8.95. The van der Waals surface area contributed by atoms with Gasteiger partial charge in [-0.3, -0.25) is 14.5 Å². The van der Waals surface area contributed by atoms with E-state index in [1.54, 1.807) is 16.8 Å². The summed E-state index contributed by atoms with van der Waals surface area (Å²) in [7, 11) is 1.74. The number of fused-ring (bicyclic) bond motifs is 1. The first-order chi connectivity index (χ1) is 13.0. The summed E-state index contributed by atoms with van der Waals surface area (Å²) in [6.45, 7) is 4.46. The van der Waals surface area contributed by atoms with E-state index < -0.39 is 0 Å². The van der Waals surface area contributed by atoms with Gasteiger partial charge >= 0.3 is 0 Å². The molecule has 1 fully saturated rings. The predicted octanol–water partition coefficient (Wildman–Crippen LogP) is 3.93. The monoisotopic (exact) mass is 379 g/mol. The quantitative estimate of drug-likeness (QED) is 0.693. The number of hydrogen-bond acceptors (Lipinski definition) is 4. The third-order valence-corrected chi connectivity index (χ3v) is 6.35. The Morgan fingerprint density at radius 3 is 2.74 bits per heavy atom. The van der Waals surface area contributed by atoms with E-state index in [0.717, 1.165) is 27.0 Å². The van der Waals surface area contributed by atoms with Crippen molar-refractivity contribution in [2.45, 2.75) is 20.3 Å². The van der Waals surface area contributed by atoms with Crippen molar-refractivity contribution < 1.29 is 9.59 Å². The number of hydrogen-bond donors (Lipinski definition) is 0. The van der Waals surface area contributed by atoms with Gasteiger partial charge in [-0.05, 0) is 43.2 Å². The third kappa shape index (κ3) is 3.10. The highest BCUT2D eigenvalue weighted by molar-refractivity contribution is 7.22. The highest BCUT2D eigenvalue weighted by Gasteiger charge is 2.37. The van der Waals surface area contributed by atoms with Gasteiger partial charge in [-0.1, -0.05) is 35.6 Å². The Hall–Kier alpha value is -2.73. The highest BCUT2D eigenvalue weighted by atomic mass is 32.1. The molecule has 1 aliphatic rings. The minimum Gasteiger partial charge on any atom is -0.311 e. The number of anilines is 2. The normalized spacial score (nSPS) is 16.9. The Labute approximate surface area is 162 Å². The molecule has 6 heteroatoms. The smallest absolute Gasteiger partial charge is 0.233 e. The van der Waals surface area contributed by atoms with Gasteiger partial charge in [0.1, 0.15) is 0 Å². The molecule has 27 heavy (non-hydrogen) atoms. The Bertz CT molecular complexity index is 1010. The van der Waals surface area contributed by atoms with Crippen LogP contribution in [-0.4, -0.2) is 30.4 Å². The SMILES string of the molecule is Cc1cccc(N2CC(C(=O)N(C)c3nc4ccccc4s3)CC2=O)c1C. The Kier molecular flexibility index (Phi) is 4.44. The summed E-state index contributed by atoms with van der Waals surface area (Å²) < 4.78 is 1.05. The van der Waals surface area contributed by atoms with Crippen LogP contribution in [0, 0.1) is 19.8 Å². The lowest BCUT2D eigenvalue weighted by molar-refractivity contribution is -0.124. The van der Waals surface area contributed by atoms with Crippen molar-refractivity contribution >= 4 is 44.2 Å². The predicted molar refractivity (Wildman–Crippen MR) is 109 cm³/mol. The van der Waals surface area contributed by atoms with Crippen LogP contribution in [0.1, 0.15) is 17.5 Å². The second-order valence-corrected chi connectivity index (χ2v) is 7.99. The van der Waals surface area contributed by atoms with Crippen LogP contribution in [0.3, 0.4) is 0 Å². The maximum absolute atomic E-state index is 13.0. The molecule has 3 aromatic rings. The van der Waals surface area contributed by atoms with Crippen molar-refractivity contribution in [3.63, 3.8) is 0 Å². The number of aromatic nitrogens is 1. The molecule has 0 spiro atoms. The zero-order valence-electron chi connectivity index (χ0n) is 15.6. The van der Waals surface area contributed by atoms with E-state index in [4.69, 9.17) is 0 Å². The van der Waals surface area contributed by atoms with Crippen molar-refractivity contribution in [1.82, 2.24) is 4.98 Å². The fraction of sp³-hybridized carbons (Fsp3) is 0.286. The fourth-order valence-electron chi connectivity index (χ4n) is 3.51. The summed E-state index contributed by atoms with van der Waals surface area (Å²) in [6.07, 6.45) is 0.238. The molecular weight excluding hydrogens is 358 g/mol. The number of nitrogens with zero attached hydrogens (tertiary/aromatic N) is 3. The van der Waals surface area contributed by atoms with Gasteiger partial charge in [0.2, 0.25) is 11.8 Å². The van der Waals surface area contributed by atoms with Crippen molar-refractivity contribution in [1.29, 1.82) is 0 Å². The molecule has 0 saturated carbocycles. The molecule has 1 aromatic heterocycles. The van der Waals surface area contributed by atoms with Gasteiger partial charge in [-0.25, -0.2) is 4.98 Å². The molecule has 1 aliphatic heterocycles. The second-order valence-electron chi connectivity index (χ2n) is 6.99. The van der Waals surface area contributed by atoms with Crippen molar-refractivity contribution in [2.75, 3.05) is 23.4 Å². The lowest BCUT2D eigenvalue weighted by Gasteiger charge is -2.21. The van der Waals surface area contributed by atoms with Gasteiger partial charge in [0, 0.05) is 25.7 Å². The Balaban J connectivity index is 1.56. The number of amides is 2. The summed E-state index contributed by atoms with van der Waals surface area (Å²) >= 11 is 1.49. The first-order valence-corrected chi connectivity index (χ1v) is 9.77. The minimum atomic E-state index is -0.352. The van der Waals surface area contributed by atoms with Crippen LogP contribution < -0.4 is 9.80 Å². The number of benzene rings is 2. The maximum Gasteiger partial charge on any atom is 0.233 e. The molecule has 2 aromatic carbocycles. The molecule has 0 N–H and O–H groups in total. The van der Waals surface area contributed by atoms with Gasteiger partial charge < -0.3 is 4.90 Å². The average molecular weight is 379 g/mol. The summed E-state index contributed by atoms with van der Waals surface area (Å²) in [6, 6.07) is 13.8. The van der Waals surface area contributed by atoms with Crippen LogP contribution in [0.4, 0.5) is 10.8 Å². The molecule has 1 saturated heterocycles. The number of para-hydroxylation sites is 1. The highest BCUT2D eigenvalue weighted by Crippen LogP contribution is 2.32. The Morgan fingerprint density at radius 1 is 1.19 bits per heavy atom. The molecule has 1 atom stereocenters. The standard InChI is InChI=1S/C21H21N3O2S/c1-13-7-6-9-17(14(13)2)24-12-15(11-19(24)25)20(26)23(3)21-22-16-8-4-5-10-18(16)27-21/h4-10,15H,11-12H2,1-3H3. The molecule has 1 unspecified atom stereocenters. The van der Waals surface area contributed by atoms with Gasteiger partial charge in [0.25, 0.3) is 0 Å². The number of carbonyl (C=O) groups is 2. The van der Waals surface area contributed by atoms with Gasteiger partial charge in [-0.2, -0.15) is 0 Å². The molecule has 2 amide bonds. The van der Waals surface area contributed by atoms with Crippen LogP contribution in [0.25, 0.3) is 10.2 Å². The summed E-state index contributed by atoms with van der Waals surface area (Å²) in [5.41, 5.74) is 4.01. The van der Waals surface area contributed by atoms with E-state index >= 15 is 0 Å². The van der Waals surface area contributed by atoms with Crippen LogP contribution in [-0.2, 0) is 9.59 Å². The largest absolute Gasteiger partial charge is 0.311 e. The molecule has 138 valence electrons. The molecule has 4 rings (SSSR count). The minimum absolute atomic E-state index is 0.000232. The van der Waals surface area contributed by atoms with Crippen LogP contribution in [0.15, 0.2) is 42.5 Å². The van der Waals surface area contributed by atoms with E-state index in [1.807, 2.05) is 56.3 Å². The Morgan fingerprint density at radius 2 is 1.96 bits per heavy atom. The topological polar surface area (TPSA) is 53.5 Å². The second kappa shape index (κ2) is 6.78. The number of aryl methyl sites for hydroxylation is 1. The molecular formula is C21H21N3O2S. The van der Waals surface area contributed by atoms with Gasteiger partial charge in [0.15, 0.2) is 5.13 Å². The van der Waals surface area contributed by atoms with Gasteiger partial charge in [-0.15, -0.1) is 0 Å². The zero-order chi connectivity index (χ0) is 19.1. The summed E-state index contributed by atoms with van der Waals surface area (Å²) in [5, 5.41) is 0.666. The summed E-state index contributed by atoms with van der Waals surface area (Å²) in [4.78, 5) is 33.5. The zero-order valence-corrected chi connectivity index (χ0v) is 16.4. The van der Waals surface area contributed by atoms with E-state index in [1.165, 1.54) is 11.3 Å². The van der Waals surface area contributed by atoms with Crippen molar-refractivity contribution in [3.05, 3.63) is 53.6 Å². The average Bonchev–Trinajstić information content (AvgIpc) is 3.26. The van der Waals surface area contributed by atoms with Crippen molar-refractivity contribution in [3.8, 4) is 0 Å². The fourth-order valence-corrected chi connectivity index (χ4v) is 4.44. The lowest BCUT2D eigenvalue weighted by Crippen LogP contribution is -2.34. The maximum atomic E-state index is 13.0. The van der Waals surface area contributed by atoms with Crippen LogP contribution >= 0.6 is 11.3 Å². The number of thiazole rings is 1. The van der Waals surface area contributed by atoms with E-state index in [-0.39, 0.29) is 24.2 Å². The molecule has 0 bridgehead atoms. The number of carbonyl (C=O) groups excluding carboxylic acids is 2. The third-order valence-electron chi connectivity index (χ3n) is 5.24. The first kappa shape index (κ1) is 17.7. The van der Waals surface area contributed by atoms with E-state index in [9.17, 15) is 9.59 Å². The van der Waals surface area contributed by atoms with Crippen molar-refractivity contribution in [2.24, 2.45) is 5.92 Å². The molecule has 5 nitrogen and oxygen atoms in total. The van der Waals surface area contributed by atoms with Crippen LogP contribution in [0.2, 0.25) is 0 Å². The van der Waals surface area contributed by atoms with Crippen LogP contribution in [0.5, 0.6) is 0 Å². The lowest BCUT2D eigenvalue weighted by atomic mass is 10.1.